The number of rotatable bonds is 6. The van der Waals surface area contributed by atoms with E-state index in [1.165, 1.54) is 0 Å². The molecule has 1 aromatic heterocycles. The fourth-order valence-corrected chi connectivity index (χ4v) is 2.75. The van der Waals surface area contributed by atoms with Gasteiger partial charge in [-0.3, -0.25) is 0 Å². The monoisotopic (exact) mass is 386 g/mol. The van der Waals surface area contributed by atoms with Crippen molar-refractivity contribution in [1.82, 2.24) is 10.2 Å². The molecule has 0 unspecified atom stereocenters. The summed E-state index contributed by atoms with van der Waals surface area (Å²) in [4.78, 5) is 12.6. The molecule has 0 bridgehead atoms. The maximum Gasteiger partial charge on any atom is 0.342 e. The second kappa shape index (κ2) is 8.39. The molecule has 6 heteroatoms. The molecule has 0 radical (unpaired) electrons. The molecule has 0 fully saturated rings. The van der Waals surface area contributed by atoms with Crippen LogP contribution in [-0.4, -0.2) is 16.2 Å². The fraction of sp³-hybridized carbons (Fsp3) is 0.0870. The molecule has 4 rings (SSSR count). The number of carbonyl (C=O) groups excluding carboxylic acids is 1. The SMILES string of the molecule is Cc1cccc(-c2nnc(COC(=O)c3ccccc3Oc3ccccc3)o2)c1. The van der Waals surface area contributed by atoms with Crippen LogP contribution < -0.4 is 4.74 Å². The van der Waals surface area contributed by atoms with Crippen molar-refractivity contribution in [1.29, 1.82) is 0 Å². The summed E-state index contributed by atoms with van der Waals surface area (Å²) in [5.74, 6) is 1.11. The van der Waals surface area contributed by atoms with Crippen molar-refractivity contribution < 1.29 is 18.7 Å². The Morgan fingerprint density at radius 3 is 2.55 bits per heavy atom. The lowest BCUT2D eigenvalue weighted by atomic mass is 10.1. The van der Waals surface area contributed by atoms with E-state index in [4.69, 9.17) is 13.9 Å². The Bertz CT molecular complexity index is 1120. The van der Waals surface area contributed by atoms with E-state index in [9.17, 15) is 4.79 Å². The molecule has 144 valence electrons. The Balaban J connectivity index is 1.44. The van der Waals surface area contributed by atoms with Crippen LogP contribution in [0.3, 0.4) is 0 Å². The number of nitrogens with zero attached hydrogens (tertiary/aromatic N) is 2. The number of para-hydroxylation sites is 2. The van der Waals surface area contributed by atoms with Gasteiger partial charge in [0.25, 0.3) is 5.89 Å². The Kier molecular flexibility index (Phi) is 5.33. The number of ether oxygens (including phenoxy) is 2. The molecule has 0 aliphatic heterocycles. The highest BCUT2D eigenvalue weighted by molar-refractivity contribution is 5.92. The number of benzene rings is 3. The first kappa shape index (κ1) is 18.4. The summed E-state index contributed by atoms with van der Waals surface area (Å²) in [6.45, 7) is 1.86. The van der Waals surface area contributed by atoms with Crippen molar-refractivity contribution in [3.63, 3.8) is 0 Å². The first-order valence-electron chi connectivity index (χ1n) is 9.07. The summed E-state index contributed by atoms with van der Waals surface area (Å²) >= 11 is 0. The van der Waals surface area contributed by atoms with Gasteiger partial charge in [0.2, 0.25) is 5.89 Å². The zero-order valence-electron chi connectivity index (χ0n) is 15.7. The average molecular weight is 386 g/mol. The van der Waals surface area contributed by atoms with E-state index in [2.05, 4.69) is 10.2 Å². The summed E-state index contributed by atoms with van der Waals surface area (Å²) in [6, 6.07) is 23.9. The van der Waals surface area contributed by atoms with Crippen LogP contribution in [-0.2, 0) is 11.3 Å². The van der Waals surface area contributed by atoms with Crippen molar-refractivity contribution in [2.45, 2.75) is 13.5 Å². The second-order valence-corrected chi connectivity index (χ2v) is 6.36. The molecule has 0 aliphatic rings. The van der Waals surface area contributed by atoms with E-state index in [0.717, 1.165) is 11.1 Å². The fourth-order valence-electron chi connectivity index (χ4n) is 2.75. The smallest absolute Gasteiger partial charge is 0.342 e. The number of esters is 1. The largest absolute Gasteiger partial charge is 0.456 e. The Hall–Kier alpha value is -3.93. The Morgan fingerprint density at radius 2 is 1.72 bits per heavy atom. The van der Waals surface area contributed by atoms with Crippen LogP contribution in [0.25, 0.3) is 11.5 Å². The lowest BCUT2D eigenvalue weighted by Gasteiger charge is -2.10. The normalized spacial score (nSPS) is 10.5. The van der Waals surface area contributed by atoms with Gasteiger partial charge in [-0.15, -0.1) is 10.2 Å². The van der Waals surface area contributed by atoms with Gasteiger partial charge in [0.15, 0.2) is 6.61 Å². The summed E-state index contributed by atoms with van der Waals surface area (Å²) in [5.41, 5.74) is 2.22. The highest BCUT2D eigenvalue weighted by Gasteiger charge is 2.16. The molecule has 0 N–H and O–H groups in total. The average Bonchev–Trinajstić information content (AvgIpc) is 3.22. The molecule has 0 saturated heterocycles. The van der Waals surface area contributed by atoms with Crippen LogP contribution in [0.15, 0.2) is 83.3 Å². The lowest BCUT2D eigenvalue weighted by molar-refractivity contribution is 0.0436. The van der Waals surface area contributed by atoms with E-state index < -0.39 is 5.97 Å². The topological polar surface area (TPSA) is 74.5 Å². The van der Waals surface area contributed by atoms with Crippen molar-refractivity contribution >= 4 is 5.97 Å². The van der Waals surface area contributed by atoms with Crippen LogP contribution in [0.2, 0.25) is 0 Å². The predicted molar refractivity (Wildman–Crippen MR) is 107 cm³/mol. The zero-order chi connectivity index (χ0) is 20.1. The van der Waals surface area contributed by atoms with E-state index in [1.807, 2.05) is 61.5 Å². The maximum absolute atomic E-state index is 12.6. The van der Waals surface area contributed by atoms with Crippen LogP contribution in [0.5, 0.6) is 11.5 Å². The Labute approximate surface area is 167 Å². The van der Waals surface area contributed by atoms with Crippen LogP contribution in [0.4, 0.5) is 0 Å². The van der Waals surface area contributed by atoms with Gasteiger partial charge in [-0.25, -0.2) is 4.79 Å². The summed E-state index contributed by atoms with van der Waals surface area (Å²) in [7, 11) is 0. The first-order valence-corrected chi connectivity index (χ1v) is 9.07. The van der Waals surface area contributed by atoms with E-state index >= 15 is 0 Å². The third kappa shape index (κ3) is 4.50. The summed E-state index contributed by atoms with van der Waals surface area (Å²) in [6.07, 6.45) is 0. The number of hydrogen-bond donors (Lipinski definition) is 0. The van der Waals surface area contributed by atoms with E-state index in [0.29, 0.717) is 23.0 Å². The third-order valence-corrected chi connectivity index (χ3v) is 4.14. The van der Waals surface area contributed by atoms with Gasteiger partial charge >= 0.3 is 5.97 Å². The van der Waals surface area contributed by atoms with Crippen molar-refractivity contribution in [2.75, 3.05) is 0 Å². The van der Waals surface area contributed by atoms with Gasteiger partial charge < -0.3 is 13.9 Å². The number of carbonyl (C=O) groups is 1. The molecular weight excluding hydrogens is 368 g/mol. The van der Waals surface area contributed by atoms with Crippen LogP contribution >= 0.6 is 0 Å². The van der Waals surface area contributed by atoms with Crippen LogP contribution in [0, 0.1) is 6.92 Å². The highest BCUT2D eigenvalue weighted by Crippen LogP contribution is 2.26. The molecule has 0 atom stereocenters. The van der Waals surface area contributed by atoms with E-state index in [1.54, 1.807) is 24.3 Å². The molecule has 0 saturated carbocycles. The number of aromatic nitrogens is 2. The third-order valence-electron chi connectivity index (χ3n) is 4.14. The summed E-state index contributed by atoms with van der Waals surface area (Å²) < 4.78 is 16.8. The minimum absolute atomic E-state index is 0.128. The van der Waals surface area contributed by atoms with Gasteiger partial charge in [-0.05, 0) is 43.3 Å². The van der Waals surface area contributed by atoms with Gasteiger partial charge in [0.1, 0.15) is 17.1 Å². The van der Waals surface area contributed by atoms with Gasteiger partial charge in [-0.2, -0.15) is 0 Å². The minimum atomic E-state index is -0.535. The standard InChI is InChI=1S/C23H18N2O4/c1-16-8-7-9-17(14-16)22-25-24-21(29-22)15-27-23(26)19-12-5-6-13-20(19)28-18-10-3-2-4-11-18/h2-14H,15H2,1H3. The predicted octanol–water partition coefficient (Wildman–Crippen LogP) is 5.19. The molecule has 0 amide bonds. The molecule has 0 aliphatic carbocycles. The summed E-state index contributed by atoms with van der Waals surface area (Å²) in [5, 5.41) is 7.97. The molecule has 29 heavy (non-hydrogen) atoms. The highest BCUT2D eigenvalue weighted by atomic mass is 16.5. The minimum Gasteiger partial charge on any atom is -0.456 e. The van der Waals surface area contributed by atoms with Gasteiger partial charge in [-0.1, -0.05) is 48.0 Å². The molecule has 1 heterocycles. The lowest BCUT2D eigenvalue weighted by Crippen LogP contribution is -2.07. The van der Waals surface area contributed by atoms with Gasteiger partial charge in [0, 0.05) is 5.56 Å². The van der Waals surface area contributed by atoms with E-state index in [-0.39, 0.29) is 12.5 Å². The van der Waals surface area contributed by atoms with Crippen molar-refractivity contribution in [2.24, 2.45) is 0 Å². The number of hydrogen-bond acceptors (Lipinski definition) is 6. The van der Waals surface area contributed by atoms with Crippen molar-refractivity contribution in [3.05, 3.63) is 95.9 Å². The van der Waals surface area contributed by atoms with Crippen LogP contribution in [0.1, 0.15) is 21.8 Å². The molecule has 3 aromatic carbocycles. The molecule has 4 aromatic rings. The van der Waals surface area contributed by atoms with Crippen molar-refractivity contribution in [3.8, 4) is 23.0 Å². The Morgan fingerprint density at radius 1 is 0.931 bits per heavy atom. The molecule has 0 spiro atoms. The quantitative estimate of drug-likeness (QED) is 0.424. The molecular formula is C23H18N2O4. The number of aryl methyl sites for hydroxylation is 1. The first-order chi connectivity index (χ1) is 14.2. The second-order valence-electron chi connectivity index (χ2n) is 6.36. The van der Waals surface area contributed by atoms with Gasteiger partial charge in [0.05, 0.1) is 0 Å². The molecule has 6 nitrogen and oxygen atoms in total. The maximum atomic E-state index is 12.6. The zero-order valence-corrected chi connectivity index (χ0v) is 15.7.